The Bertz CT molecular complexity index is 1300. The van der Waals surface area contributed by atoms with Crippen LogP contribution >= 0.6 is 0 Å². The van der Waals surface area contributed by atoms with Gasteiger partial charge in [0.15, 0.2) is 5.69 Å². The molecule has 0 radical (unpaired) electrons. The molecular formula is C22H22N6O4. The molecule has 4 rings (SSSR count). The molecule has 1 amide bonds. The van der Waals surface area contributed by atoms with Crippen LogP contribution in [0.15, 0.2) is 53.3 Å². The molecule has 1 saturated heterocycles. The van der Waals surface area contributed by atoms with Gasteiger partial charge in [0.25, 0.3) is 11.5 Å². The van der Waals surface area contributed by atoms with Gasteiger partial charge in [-0.25, -0.2) is 4.98 Å². The summed E-state index contributed by atoms with van der Waals surface area (Å²) in [6, 6.07) is 13.1. The number of rotatable bonds is 5. The Kier molecular flexibility index (Phi) is 5.69. The first-order chi connectivity index (χ1) is 15.4. The van der Waals surface area contributed by atoms with E-state index in [4.69, 9.17) is 5.73 Å². The van der Waals surface area contributed by atoms with E-state index in [0.29, 0.717) is 29.7 Å². The molecule has 1 aromatic heterocycles. The molecule has 0 aliphatic carbocycles. The molecule has 1 aliphatic heterocycles. The lowest BCUT2D eigenvalue weighted by atomic mass is 10.0. The van der Waals surface area contributed by atoms with Gasteiger partial charge in [-0.1, -0.05) is 18.2 Å². The Labute approximate surface area is 182 Å². The van der Waals surface area contributed by atoms with Crippen molar-refractivity contribution in [1.82, 2.24) is 20.2 Å². The molecule has 1 unspecified atom stereocenters. The molecule has 0 bridgehead atoms. The second-order valence-corrected chi connectivity index (χ2v) is 7.56. The first-order valence-electron chi connectivity index (χ1n) is 10.1. The van der Waals surface area contributed by atoms with E-state index in [-0.39, 0.29) is 28.9 Å². The van der Waals surface area contributed by atoms with Crippen LogP contribution in [0.3, 0.4) is 0 Å². The van der Waals surface area contributed by atoms with Gasteiger partial charge in [-0.2, -0.15) is 0 Å². The quantitative estimate of drug-likeness (QED) is 0.406. The number of carbonyl (C=O) groups is 1. The molecule has 1 aliphatic rings. The van der Waals surface area contributed by atoms with Crippen LogP contribution in [0.1, 0.15) is 28.0 Å². The number of nitrogens with zero attached hydrogens (tertiary/aromatic N) is 3. The third-order valence-electron chi connectivity index (χ3n) is 5.56. The fraction of sp³-hybridized carbons (Fsp3) is 0.227. The van der Waals surface area contributed by atoms with Crippen LogP contribution in [-0.2, 0) is 0 Å². The highest BCUT2D eigenvalue weighted by Crippen LogP contribution is 2.24. The Morgan fingerprint density at radius 2 is 2.00 bits per heavy atom. The van der Waals surface area contributed by atoms with E-state index in [2.05, 4.69) is 15.3 Å². The third kappa shape index (κ3) is 3.95. The maximum atomic E-state index is 12.9. The van der Waals surface area contributed by atoms with E-state index in [1.165, 1.54) is 12.1 Å². The highest BCUT2D eigenvalue weighted by Gasteiger charge is 2.28. The van der Waals surface area contributed by atoms with E-state index in [0.717, 1.165) is 6.42 Å². The summed E-state index contributed by atoms with van der Waals surface area (Å²) < 4.78 is 0. The number of aromatic nitrogens is 2. The SMILES string of the molecule is CNC1CCN(C(=O)c2cccc(/C(=C(\N)c3nc4ccccc4[nH]c3=O)[N+](=O)[O-])c2)C1. The van der Waals surface area contributed by atoms with Gasteiger partial charge in [-0.15, -0.1) is 0 Å². The number of carbonyl (C=O) groups excluding carboxylic acids is 1. The summed E-state index contributed by atoms with van der Waals surface area (Å²) in [5, 5.41) is 15.1. The van der Waals surface area contributed by atoms with Crippen molar-refractivity contribution in [2.45, 2.75) is 12.5 Å². The summed E-state index contributed by atoms with van der Waals surface area (Å²) in [4.78, 5) is 45.3. The second-order valence-electron chi connectivity index (χ2n) is 7.56. The fourth-order valence-corrected chi connectivity index (χ4v) is 3.85. The van der Waals surface area contributed by atoms with E-state index in [9.17, 15) is 19.7 Å². The van der Waals surface area contributed by atoms with Crippen molar-refractivity contribution < 1.29 is 9.72 Å². The van der Waals surface area contributed by atoms with E-state index in [1.807, 2.05) is 7.05 Å². The molecule has 10 heteroatoms. The fourth-order valence-electron chi connectivity index (χ4n) is 3.85. The van der Waals surface area contributed by atoms with Gasteiger partial charge >= 0.3 is 5.70 Å². The van der Waals surface area contributed by atoms with Crippen molar-refractivity contribution in [3.8, 4) is 0 Å². The number of nitrogens with one attached hydrogen (secondary N) is 2. The zero-order chi connectivity index (χ0) is 22.8. The van der Waals surface area contributed by atoms with Crippen molar-refractivity contribution in [1.29, 1.82) is 0 Å². The second kappa shape index (κ2) is 8.60. The molecule has 1 atom stereocenters. The van der Waals surface area contributed by atoms with Crippen molar-refractivity contribution in [3.63, 3.8) is 0 Å². The number of nitro groups is 1. The Morgan fingerprint density at radius 1 is 1.25 bits per heavy atom. The smallest absolute Gasteiger partial charge is 0.301 e. The molecule has 10 nitrogen and oxygen atoms in total. The van der Waals surface area contributed by atoms with Crippen LogP contribution in [0.2, 0.25) is 0 Å². The van der Waals surface area contributed by atoms with Crippen LogP contribution in [0.25, 0.3) is 22.4 Å². The summed E-state index contributed by atoms with van der Waals surface area (Å²) in [7, 11) is 1.85. The third-order valence-corrected chi connectivity index (χ3v) is 5.56. The minimum Gasteiger partial charge on any atom is -0.391 e. The summed E-state index contributed by atoms with van der Waals surface area (Å²) in [6.45, 7) is 1.17. The zero-order valence-corrected chi connectivity index (χ0v) is 17.4. The van der Waals surface area contributed by atoms with E-state index >= 15 is 0 Å². The Morgan fingerprint density at radius 3 is 2.72 bits per heavy atom. The zero-order valence-electron chi connectivity index (χ0n) is 17.4. The lowest BCUT2D eigenvalue weighted by molar-refractivity contribution is -0.374. The monoisotopic (exact) mass is 434 g/mol. The lowest BCUT2D eigenvalue weighted by Crippen LogP contribution is -2.33. The summed E-state index contributed by atoms with van der Waals surface area (Å²) in [5.41, 5.74) is 5.74. The number of para-hydroxylation sites is 2. The number of hydrogen-bond acceptors (Lipinski definition) is 7. The van der Waals surface area contributed by atoms with Gasteiger partial charge in [0.05, 0.1) is 21.5 Å². The average Bonchev–Trinajstić information content (AvgIpc) is 3.27. The van der Waals surface area contributed by atoms with Crippen molar-refractivity contribution in [2.75, 3.05) is 20.1 Å². The Balaban J connectivity index is 1.77. The van der Waals surface area contributed by atoms with Crippen LogP contribution in [-0.4, -0.2) is 51.9 Å². The van der Waals surface area contributed by atoms with Gasteiger partial charge in [0.1, 0.15) is 5.70 Å². The minimum absolute atomic E-state index is 0.122. The molecule has 164 valence electrons. The highest BCUT2D eigenvalue weighted by atomic mass is 16.6. The average molecular weight is 434 g/mol. The minimum atomic E-state index is -0.665. The number of likely N-dealkylation sites (N-methyl/N-ethyl adjacent to an activating group) is 1. The topological polar surface area (TPSA) is 147 Å². The number of amides is 1. The number of likely N-dealkylation sites (tertiary alicyclic amines) is 1. The van der Waals surface area contributed by atoms with Crippen molar-refractivity contribution in [3.05, 3.63) is 85.8 Å². The largest absolute Gasteiger partial charge is 0.391 e. The van der Waals surface area contributed by atoms with E-state index in [1.54, 1.807) is 41.3 Å². The van der Waals surface area contributed by atoms with Crippen LogP contribution < -0.4 is 16.6 Å². The number of nitrogens with two attached hydrogens (primary N) is 1. The van der Waals surface area contributed by atoms with Crippen LogP contribution in [0.4, 0.5) is 0 Å². The van der Waals surface area contributed by atoms with Crippen LogP contribution in [0.5, 0.6) is 0 Å². The molecule has 3 aromatic rings. The van der Waals surface area contributed by atoms with E-state index < -0.39 is 16.2 Å². The molecular weight excluding hydrogens is 412 g/mol. The first-order valence-corrected chi connectivity index (χ1v) is 10.1. The van der Waals surface area contributed by atoms with Gasteiger partial charge < -0.3 is 20.9 Å². The van der Waals surface area contributed by atoms with Gasteiger partial charge in [0, 0.05) is 24.7 Å². The number of benzene rings is 2. The lowest BCUT2D eigenvalue weighted by Gasteiger charge is -2.16. The number of H-pyrrole nitrogens is 1. The van der Waals surface area contributed by atoms with Gasteiger partial charge in [0.2, 0.25) is 0 Å². The summed E-state index contributed by atoms with van der Waals surface area (Å²) in [5.74, 6) is -0.215. The molecule has 2 heterocycles. The number of hydrogen-bond donors (Lipinski definition) is 3. The highest BCUT2D eigenvalue weighted by molar-refractivity contribution is 5.96. The maximum Gasteiger partial charge on any atom is 0.301 e. The van der Waals surface area contributed by atoms with Crippen molar-refractivity contribution in [2.24, 2.45) is 5.73 Å². The number of aromatic amines is 1. The van der Waals surface area contributed by atoms with Gasteiger partial charge in [-0.05, 0) is 43.8 Å². The predicted octanol–water partition coefficient (Wildman–Crippen LogP) is 1.42. The summed E-state index contributed by atoms with van der Waals surface area (Å²) in [6.07, 6.45) is 0.839. The molecule has 2 aromatic carbocycles. The maximum absolute atomic E-state index is 12.9. The van der Waals surface area contributed by atoms with Crippen molar-refractivity contribution >= 4 is 28.3 Å². The molecule has 32 heavy (non-hydrogen) atoms. The van der Waals surface area contributed by atoms with Crippen LogP contribution in [0, 0.1) is 10.1 Å². The van der Waals surface area contributed by atoms with Gasteiger partial charge in [-0.3, -0.25) is 19.7 Å². The molecule has 4 N–H and O–H groups in total. The Hall–Kier alpha value is -4.05. The normalized spacial score (nSPS) is 16.8. The number of fused-ring (bicyclic) bond motifs is 1. The molecule has 0 saturated carbocycles. The molecule has 0 spiro atoms. The predicted molar refractivity (Wildman–Crippen MR) is 120 cm³/mol. The first kappa shape index (κ1) is 21.2. The molecule has 1 fully saturated rings. The summed E-state index contributed by atoms with van der Waals surface area (Å²) >= 11 is 0. The standard InChI is InChI=1S/C22H22N6O4/c1-24-15-9-10-27(12-15)22(30)14-6-4-5-13(11-14)20(28(31)32)18(23)19-21(29)26-17-8-3-2-7-16(17)25-19/h2-8,11,15,24H,9-10,12,23H2,1H3,(H,26,29)/b20-18+.